The molecule has 1 aliphatic heterocycles. The van der Waals surface area contributed by atoms with Crippen molar-refractivity contribution in [3.8, 4) is 0 Å². The number of nitrogens with zero attached hydrogens (tertiary/aromatic N) is 3. The summed E-state index contributed by atoms with van der Waals surface area (Å²) < 4.78 is 1.59. The monoisotopic (exact) mass is 224 g/mol. The molecule has 16 heavy (non-hydrogen) atoms. The molecule has 0 aromatic carbocycles. The van der Waals surface area contributed by atoms with Gasteiger partial charge in [0.2, 0.25) is 0 Å². The van der Waals surface area contributed by atoms with E-state index in [9.17, 15) is 9.90 Å². The van der Waals surface area contributed by atoms with Gasteiger partial charge >= 0.3 is 0 Å². The van der Waals surface area contributed by atoms with E-state index in [1.54, 1.807) is 29.9 Å². The van der Waals surface area contributed by atoms with E-state index >= 15 is 0 Å². The van der Waals surface area contributed by atoms with E-state index in [4.69, 9.17) is 0 Å². The van der Waals surface area contributed by atoms with Crippen LogP contribution >= 0.6 is 0 Å². The maximum Gasteiger partial charge on any atom is 0.257 e. The highest BCUT2D eigenvalue weighted by molar-refractivity contribution is 5.93. The SMILES string of the molecule is CN(C(=O)c1cnn(C)c1)C1CNCC1O. The summed E-state index contributed by atoms with van der Waals surface area (Å²) in [6.45, 7) is 1.17. The molecular weight excluding hydrogens is 208 g/mol. The first-order valence-corrected chi connectivity index (χ1v) is 5.24. The number of β-amino-alcohol motifs (C(OH)–C–C–N with tert-alkyl or cyclic N) is 1. The van der Waals surface area contributed by atoms with E-state index in [1.165, 1.54) is 6.20 Å². The molecule has 2 N–H and O–H groups in total. The number of aliphatic hydroxyl groups excluding tert-OH is 1. The Labute approximate surface area is 93.9 Å². The van der Waals surface area contributed by atoms with Crippen LogP contribution in [0.25, 0.3) is 0 Å². The minimum atomic E-state index is -0.495. The Bertz CT molecular complexity index is 390. The minimum absolute atomic E-state index is 0.110. The Morgan fingerprint density at radius 2 is 2.44 bits per heavy atom. The van der Waals surface area contributed by atoms with Crippen molar-refractivity contribution in [1.82, 2.24) is 20.0 Å². The average molecular weight is 224 g/mol. The zero-order valence-corrected chi connectivity index (χ0v) is 9.42. The second kappa shape index (κ2) is 4.23. The predicted octanol–water partition coefficient (Wildman–Crippen LogP) is -1.18. The minimum Gasteiger partial charge on any atom is -0.390 e. The third kappa shape index (κ3) is 1.94. The van der Waals surface area contributed by atoms with Gasteiger partial charge in [-0.05, 0) is 0 Å². The number of likely N-dealkylation sites (N-methyl/N-ethyl adjacent to an activating group) is 1. The number of aromatic nitrogens is 2. The van der Waals surface area contributed by atoms with Crippen molar-refractivity contribution in [3.63, 3.8) is 0 Å². The van der Waals surface area contributed by atoms with Gasteiger partial charge in [0.25, 0.3) is 5.91 Å². The predicted molar refractivity (Wildman–Crippen MR) is 58.0 cm³/mol. The van der Waals surface area contributed by atoms with Crippen molar-refractivity contribution in [2.45, 2.75) is 12.1 Å². The van der Waals surface area contributed by atoms with Crippen LogP contribution in [-0.2, 0) is 7.05 Å². The van der Waals surface area contributed by atoms with E-state index in [-0.39, 0.29) is 11.9 Å². The number of nitrogens with one attached hydrogen (secondary N) is 1. The molecule has 1 amide bonds. The standard InChI is InChI=1S/C10H16N4O2/c1-13-6-7(3-12-13)10(16)14(2)8-4-11-5-9(8)15/h3,6,8-9,11,15H,4-5H2,1-2H3. The molecule has 1 saturated heterocycles. The molecule has 0 aliphatic carbocycles. The summed E-state index contributed by atoms with van der Waals surface area (Å²) in [6, 6.07) is -0.160. The highest BCUT2D eigenvalue weighted by Gasteiger charge is 2.31. The molecule has 2 heterocycles. The topological polar surface area (TPSA) is 70.4 Å². The maximum atomic E-state index is 12.0. The van der Waals surface area contributed by atoms with Gasteiger partial charge in [0.05, 0.1) is 23.9 Å². The third-order valence-electron chi connectivity index (χ3n) is 2.92. The summed E-state index contributed by atoms with van der Waals surface area (Å²) in [5.41, 5.74) is 0.545. The highest BCUT2D eigenvalue weighted by atomic mass is 16.3. The first-order chi connectivity index (χ1) is 7.59. The molecule has 1 aromatic heterocycles. The zero-order chi connectivity index (χ0) is 11.7. The average Bonchev–Trinajstić information content (AvgIpc) is 2.85. The second-order valence-corrected chi connectivity index (χ2v) is 4.11. The van der Waals surface area contributed by atoms with Gasteiger partial charge in [0.1, 0.15) is 0 Å². The lowest BCUT2D eigenvalue weighted by Gasteiger charge is -2.25. The highest BCUT2D eigenvalue weighted by Crippen LogP contribution is 2.11. The van der Waals surface area contributed by atoms with Crippen LogP contribution in [0.15, 0.2) is 12.4 Å². The van der Waals surface area contributed by atoms with Gasteiger partial charge in [-0.1, -0.05) is 0 Å². The lowest BCUT2D eigenvalue weighted by Crippen LogP contribution is -2.44. The summed E-state index contributed by atoms with van der Waals surface area (Å²) in [5.74, 6) is -0.110. The molecular formula is C10H16N4O2. The van der Waals surface area contributed by atoms with Gasteiger partial charge in [0.15, 0.2) is 0 Å². The maximum absolute atomic E-state index is 12.0. The second-order valence-electron chi connectivity index (χ2n) is 4.11. The molecule has 88 valence electrons. The fraction of sp³-hybridized carbons (Fsp3) is 0.600. The number of aliphatic hydroxyl groups is 1. The van der Waals surface area contributed by atoms with Crippen LogP contribution in [0, 0.1) is 0 Å². The molecule has 1 aliphatic rings. The first-order valence-electron chi connectivity index (χ1n) is 5.24. The van der Waals surface area contributed by atoms with Gasteiger partial charge in [-0.3, -0.25) is 9.48 Å². The van der Waals surface area contributed by atoms with Crippen LogP contribution in [0.1, 0.15) is 10.4 Å². The summed E-state index contributed by atoms with van der Waals surface area (Å²) >= 11 is 0. The molecule has 0 spiro atoms. The smallest absolute Gasteiger partial charge is 0.257 e. The fourth-order valence-electron chi connectivity index (χ4n) is 1.93. The van der Waals surface area contributed by atoms with E-state index in [2.05, 4.69) is 10.4 Å². The normalized spacial score (nSPS) is 24.7. The molecule has 1 aromatic rings. The quantitative estimate of drug-likeness (QED) is 0.664. The molecule has 6 nitrogen and oxygen atoms in total. The molecule has 2 rings (SSSR count). The molecule has 0 radical (unpaired) electrons. The summed E-state index contributed by atoms with van der Waals surface area (Å²) in [6.07, 6.45) is 2.71. The fourth-order valence-corrected chi connectivity index (χ4v) is 1.93. The molecule has 0 bridgehead atoms. The van der Waals surface area contributed by atoms with Gasteiger partial charge < -0.3 is 15.3 Å². The molecule has 1 fully saturated rings. The van der Waals surface area contributed by atoms with Gasteiger partial charge in [-0.25, -0.2) is 0 Å². The van der Waals surface area contributed by atoms with Crippen molar-refractivity contribution < 1.29 is 9.90 Å². The largest absolute Gasteiger partial charge is 0.390 e. The molecule has 6 heteroatoms. The van der Waals surface area contributed by atoms with Crippen LogP contribution in [-0.4, -0.2) is 58.0 Å². The van der Waals surface area contributed by atoms with Crippen molar-refractivity contribution in [1.29, 1.82) is 0 Å². The lowest BCUT2D eigenvalue weighted by atomic mass is 10.1. The number of hydrogen-bond acceptors (Lipinski definition) is 4. The van der Waals surface area contributed by atoms with Crippen molar-refractivity contribution in [2.75, 3.05) is 20.1 Å². The molecule has 2 unspecified atom stereocenters. The summed E-state index contributed by atoms with van der Waals surface area (Å²) in [5, 5.41) is 16.7. The lowest BCUT2D eigenvalue weighted by molar-refractivity contribution is 0.0581. The van der Waals surface area contributed by atoms with Crippen molar-refractivity contribution in [2.24, 2.45) is 7.05 Å². The zero-order valence-electron chi connectivity index (χ0n) is 9.42. The number of carbonyl (C=O) groups is 1. The van der Waals surface area contributed by atoms with Crippen LogP contribution < -0.4 is 5.32 Å². The van der Waals surface area contributed by atoms with Crippen molar-refractivity contribution >= 4 is 5.91 Å². The van der Waals surface area contributed by atoms with E-state index in [0.717, 1.165) is 0 Å². The van der Waals surface area contributed by atoms with Crippen LogP contribution in [0.2, 0.25) is 0 Å². The van der Waals surface area contributed by atoms with Crippen molar-refractivity contribution in [3.05, 3.63) is 18.0 Å². The number of aryl methyl sites for hydroxylation is 1. The van der Waals surface area contributed by atoms with Crippen LogP contribution in [0.5, 0.6) is 0 Å². The Kier molecular flexibility index (Phi) is 2.93. The number of rotatable bonds is 2. The number of hydrogen-bond donors (Lipinski definition) is 2. The van der Waals surface area contributed by atoms with Crippen LogP contribution in [0.3, 0.4) is 0 Å². The summed E-state index contributed by atoms with van der Waals surface area (Å²) in [4.78, 5) is 13.6. The molecule has 0 saturated carbocycles. The van der Waals surface area contributed by atoms with E-state index in [1.807, 2.05) is 0 Å². The Morgan fingerprint density at radius 1 is 1.69 bits per heavy atom. The third-order valence-corrected chi connectivity index (χ3v) is 2.92. The molecule has 2 atom stereocenters. The summed E-state index contributed by atoms with van der Waals surface area (Å²) in [7, 11) is 3.47. The van der Waals surface area contributed by atoms with E-state index < -0.39 is 6.10 Å². The van der Waals surface area contributed by atoms with Gasteiger partial charge in [0, 0.05) is 33.4 Å². The Balaban J connectivity index is 2.10. The number of amides is 1. The Morgan fingerprint density at radius 3 is 2.94 bits per heavy atom. The van der Waals surface area contributed by atoms with Gasteiger partial charge in [-0.2, -0.15) is 5.10 Å². The van der Waals surface area contributed by atoms with E-state index in [0.29, 0.717) is 18.7 Å². The van der Waals surface area contributed by atoms with Gasteiger partial charge in [-0.15, -0.1) is 0 Å². The van der Waals surface area contributed by atoms with Crippen LogP contribution in [0.4, 0.5) is 0 Å². The first kappa shape index (κ1) is 11.1. The number of carbonyl (C=O) groups excluding carboxylic acids is 1. The Hall–Kier alpha value is -1.40.